The number of carbonyl (C=O) groups is 1. The Labute approximate surface area is 153 Å². The van der Waals surface area contributed by atoms with Crippen LogP contribution in [0.5, 0.6) is 0 Å². The first-order chi connectivity index (χ1) is 12.6. The van der Waals surface area contributed by atoms with Crippen molar-refractivity contribution >= 4 is 5.91 Å². The van der Waals surface area contributed by atoms with Crippen LogP contribution in [-0.2, 0) is 0 Å². The molecule has 1 saturated heterocycles. The van der Waals surface area contributed by atoms with Crippen molar-refractivity contribution in [2.75, 3.05) is 6.54 Å². The zero-order chi connectivity index (χ0) is 18.1. The van der Waals surface area contributed by atoms with Crippen LogP contribution in [0.4, 0.5) is 0 Å². The number of aryl methyl sites for hydroxylation is 1. The molecular weight excluding hydrogens is 324 g/mol. The number of nitrogens with zero attached hydrogens (tertiary/aromatic N) is 4. The number of aromatic nitrogens is 3. The van der Waals surface area contributed by atoms with E-state index >= 15 is 0 Å². The van der Waals surface area contributed by atoms with Crippen LogP contribution in [0.1, 0.15) is 40.7 Å². The maximum Gasteiger partial charge on any atom is 0.257 e. The van der Waals surface area contributed by atoms with Crippen molar-refractivity contribution in [1.29, 1.82) is 0 Å². The second-order valence-electron chi connectivity index (χ2n) is 7.03. The molecule has 2 unspecified atom stereocenters. The maximum absolute atomic E-state index is 13.0. The molecular formula is C21H22N4O. The largest absolute Gasteiger partial charge is 0.335 e. The smallest absolute Gasteiger partial charge is 0.257 e. The fourth-order valence-corrected chi connectivity index (χ4v) is 3.62. The van der Waals surface area contributed by atoms with Crippen LogP contribution in [0.15, 0.2) is 61.2 Å². The standard InChI is InChI=1S/C21H22N4O/c1-15-5-7-17(8-6-15)18-10-16(2)24(13-18)21(26)19-11-23-25(14-19)20-4-3-9-22-12-20/h3-9,11-12,14,16,18H,10,13H2,1-2H3. The average Bonchev–Trinajstić information content (AvgIpc) is 3.30. The van der Waals surface area contributed by atoms with Crippen LogP contribution in [0, 0.1) is 6.92 Å². The summed E-state index contributed by atoms with van der Waals surface area (Å²) in [5.41, 5.74) is 4.03. The molecule has 0 bridgehead atoms. The molecule has 0 aliphatic carbocycles. The van der Waals surface area contributed by atoms with Gasteiger partial charge in [0.2, 0.25) is 0 Å². The minimum absolute atomic E-state index is 0.0438. The van der Waals surface area contributed by atoms with E-state index in [9.17, 15) is 4.79 Å². The van der Waals surface area contributed by atoms with E-state index in [1.165, 1.54) is 11.1 Å². The Hall–Kier alpha value is -2.95. The van der Waals surface area contributed by atoms with Crippen LogP contribution < -0.4 is 0 Å². The SMILES string of the molecule is Cc1ccc(C2CC(C)N(C(=O)c3cnn(-c4cccnc4)c3)C2)cc1. The highest BCUT2D eigenvalue weighted by molar-refractivity contribution is 5.94. The summed E-state index contributed by atoms with van der Waals surface area (Å²) in [5.74, 6) is 0.435. The summed E-state index contributed by atoms with van der Waals surface area (Å²) in [7, 11) is 0. The molecule has 0 radical (unpaired) electrons. The lowest BCUT2D eigenvalue weighted by atomic mass is 9.96. The molecule has 1 aliphatic heterocycles. The first-order valence-corrected chi connectivity index (χ1v) is 8.94. The third kappa shape index (κ3) is 3.12. The molecule has 5 heteroatoms. The van der Waals surface area contributed by atoms with Gasteiger partial charge >= 0.3 is 0 Å². The lowest BCUT2D eigenvalue weighted by Gasteiger charge is -2.20. The normalized spacial score (nSPS) is 19.7. The third-order valence-electron chi connectivity index (χ3n) is 5.12. The van der Waals surface area contributed by atoms with E-state index in [1.54, 1.807) is 29.5 Å². The number of hydrogen-bond acceptors (Lipinski definition) is 3. The number of rotatable bonds is 3. The Bertz CT molecular complexity index is 901. The molecule has 132 valence electrons. The summed E-state index contributed by atoms with van der Waals surface area (Å²) >= 11 is 0. The van der Waals surface area contributed by atoms with Gasteiger partial charge in [-0.1, -0.05) is 29.8 Å². The van der Waals surface area contributed by atoms with Crippen molar-refractivity contribution in [3.05, 3.63) is 77.9 Å². The Morgan fingerprint density at radius 1 is 1.15 bits per heavy atom. The van der Waals surface area contributed by atoms with Crippen molar-refractivity contribution in [3.63, 3.8) is 0 Å². The van der Waals surface area contributed by atoms with E-state index in [2.05, 4.69) is 48.2 Å². The highest BCUT2D eigenvalue weighted by atomic mass is 16.2. The molecule has 1 fully saturated rings. The summed E-state index contributed by atoms with van der Waals surface area (Å²) in [6.45, 7) is 4.97. The quantitative estimate of drug-likeness (QED) is 0.728. The Morgan fingerprint density at radius 3 is 2.69 bits per heavy atom. The van der Waals surface area contributed by atoms with Crippen molar-refractivity contribution in [2.24, 2.45) is 0 Å². The molecule has 0 spiro atoms. The summed E-state index contributed by atoms with van der Waals surface area (Å²) in [6.07, 6.45) is 7.86. The molecule has 4 rings (SSSR count). The molecule has 3 aromatic rings. The Morgan fingerprint density at radius 2 is 1.96 bits per heavy atom. The summed E-state index contributed by atoms with van der Waals surface area (Å²) in [5, 5.41) is 4.32. The first kappa shape index (κ1) is 16.5. The number of hydrogen-bond donors (Lipinski definition) is 0. The van der Waals surface area contributed by atoms with Gasteiger partial charge in [-0.05, 0) is 38.0 Å². The minimum Gasteiger partial charge on any atom is -0.335 e. The van der Waals surface area contributed by atoms with E-state index in [-0.39, 0.29) is 11.9 Å². The molecule has 2 atom stereocenters. The number of pyridine rings is 1. The molecule has 2 aromatic heterocycles. The van der Waals surface area contributed by atoms with Crippen molar-refractivity contribution < 1.29 is 4.79 Å². The van der Waals surface area contributed by atoms with Gasteiger partial charge in [-0.15, -0.1) is 0 Å². The Balaban J connectivity index is 1.51. The highest BCUT2D eigenvalue weighted by Crippen LogP contribution is 2.32. The van der Waals surface area contributed by atoms with Crippen LogP contribution >= 0.6 is 0 Å². The van der Waals surface area contributed by atoms with Gasteiger partial charge in [-0.3, -0.25) is 9.78 Å². The minimum atomic E-state index is 0.0438. The number of amides is 1. The van der Waals surface area contributed by atoms with Gasteiger partial charge in [0.25, 0.3) is 5.91 Å². The predicted octanol–water partition coefficient (Wildman–Crippen LogP) is 3.59. The molecule has 1 aromatic carbocycles. The van der Waals surface area contributed by atoms with Crippen molar-refractivity contribution in [3.8, 4) is 5.69 Å². The van der Waals surface area contributed by atoms with Gasteiger partial charge in [0.1, 0.15) is 0 Å². The topological polar surface area (TPSA) is 51.0 Å². The van der Waals surface area contributed by atoms with Gasteiger partial charge in [0, 0.05) is 30.9 Å². The fraction of sp³-hybridized carbons (Fsp3) is 0.286. The van der Waals surface area contributed by atoms with Gasteiger partial charge < -0.3 is 4.90 Å². The molecule has 5 nitrogen and oxygen atoms in total. The van der Waals surface area contributed by atoms with Crippen LogP contribution in [0.3, 0.4) is 0 Å². The lowest BCUT2D eigenvalue weighted by molar-refractivity contribution is 0.0746. The van der Waals surface area contributed by atoms with Crippen LogP contribution in [-0.4, -0.2) is 38.2 Å². The summed E-state index contributed by atoms with van der Waals surface area (Å²) < 4.78 is 1.69. The number of carbonyl (C=O) groups excluding carboxylic acids is 1. The first-order valence-electron chi connectivity index (χ1n) is 8.94. The van der Waals surface area contributed by atoms with Crippen LogP contribution in [0.25, 0.3) is 5.69 Å². The molecule has 0 saturated carbocycles. The average molecular weight is 346 g/mol. The second-order valence-corrected chi connectivity index (χ2v) is 7.03. The zero-order valence-electron chi connectivity index (χ0n) is 15.0. The van der Waals surface area contributed by atoms with E-state index < -0.39 is 0 Å². The van der Waals surface area contributed by atoms with Gasteiger partial charge in [0.15, 0.2) is 0 Å². The molecule has 3 heterocycles. The molecule has 1 aliphatic rings. The monoisotopic (exact) mass is 346 g/mol. The predicted molar refractivity (Wildman–Crippen MR) is 100 cm³/mol. The van der Waals surface area contributed by atoms with E-state index in [0.29, 0.717) is 11.5 Å². The van der Waals surface area contributed by atoms with E-state index in [0.717, 1.165) is 18.7 Å². The number of benzene rings is 1. The fourth-order valence-electron chi connectivity index (χ4n) is 3.62. The highest BCUT2D eigenvalue weighted by Gasteiger charge is 2.34. The molecule has 0 N–H and O–H groups in total. The van der Waals surface area contributed by atoms with Gasteiger partial charge in [0.05, 0.1) is 23.6 Å². The lowest BCUT2D eigenvalue weighted by Crippen LogP contribution is -2.33. The van der Waals surface area contributed by atoms with Crippen molar-refractivity contribution in [2.45, 2.75) is 32.2 Å². The molecule has 26 heavy (non-hydrogen) atoms. The van der Waals surface area contributed by atoms with E-state index in [1.807, 2.05) is 17.0 Å². The second kappa shape index (κ2) is 6.75. The van der Waals surface area contributed by atoms with Gasteiger partial charge in [-0.25, -0.2) is 4.68 Å². The Kier molecular flexibility index (Phi) is 4.29. The maximum atomic E-state index is 13.0. The third-order valence-corrected chi connectivity index (χ3v) is 5.12. The number of likely N-dealkylation sites (tertiary alicyclic amines) is 1. The van der Waals surface area contributed by atoms with Crippen molar-refractivity contribution in [1.82, 2.24) is 19.7 Å². The molecule has 1 amide bonds. The van der Waals surface area contributed by atoms with Crippen LogP contribution in [0.2, 0.25) is 0 Å². The van der Waals surface area contributed by atoms with Gasteiger partial charge in [-0.2, -0.15) is 5.10 Å². The van der Waals surface area contributed by atoms with E-state index in [4.69, 9.17) is 0 Å². The zero-order valence-corrected chi connectivity index (χ0v) is 15.0. The summed E-state index contributed by atoms with van der Waals surface area (Å²) in [4.78, 5) is 19.1. The summed E-state index contributed by atoms with van der Waals surface area (Å²) in [6, 6.07) is 12.6.